The van der Waals surface area contributed by atoms with Gasteiger partial charge < -0.3 is 20.2 Å². The molecule has 2 aromatic carbocycles. The fourth-order valence-electron chi connectivity index (χ4n) is 4.58. The van der Waals surface area contributed by atoms with Crippen LogP contribution in [0.3, 0.4) is 0 Å². The van der Waals surface area contributed by atoms with Crippen molar-refractivity contribution in [2.75, 3.05) is 19.7 Å². The number of fused-ring (bicyclic) bond motifs is 1. The zero-order valence-corrected chi connectivity index (χ0v) is 17.9. The van der Waals surface area contributed by atoms with Crippen LogP contribution in [0.5, 0.6) is 0 Å². The lowest BCUT2D eigenvalue weighted by molar-refractivity contribution is -0.159. The van der Waals surface area contributed by atoms with E-state index >= 15 is 0 Å². The quantitative estimate of drug-likeness (QED) is 0.732. The highest BCUT2D eigenvalue weighted by Crippen LogP contribution is 2.42. The summed E-state index contributed by atoms with van der Waals surface area (Å²) >= 11 is 0. The second kappa shape index (κ2) is 8.94. The van der Waals surface area contributed by atoms with Crippen molar-refractivity contribution in [1.29, 1.82) is 0 Å². The maximum atomic E-state index is 12.7. The number of nitrogens with zero attached hydrogens (tertiary/aromatic N) is 2. The predicted molar refractivity (Wildman–Crippen MR) is 121 cm³/mol. The number of benzene rings is 2. The van der Waals surface area contributed by atoms with E-state index in [1.165, 1.54) is 0 Å². The van der Waals surface area contributed by atoms with E-state index < -0.39 is 0 Å². The number of aliphatic hydroxyl groups excluding tert-OH is 1. The van der Waals surface area contributed by atoms with Gasteiger partial charge in [0.25, 0.3) is 0 Å². The standard InChI is InChI=1S/C25H29N3O3/c1-17(2)26-25(31)27-14-21-24(22(16-29)28(21)23(30)15-27)20-12-10-19(11-13-20)9-8-18-6-4-3-5-7-18/h3-13,17,21-22,24,29H,14-16H2,1-2H3,(H,26,31)/b9-8+/t21-,22+,24-/m1/s1. The van der Waals surface area contributed by atoms with Gasteiger partial charge in [0.2, 0.25) is 5.91 Å². The van der Waals surface area contributed by atoms with Crippen LogP contribution in [0.4, 0.5) is 4.79 Å². The van der Waals surface area contributed by atoms with Crippen LogP contribution in [0.1, 0.15) is 36.5 Å². The summed E-state index contributed by atoms with van der Waals surface area (Å²) in [6.45, 7) is 4.25. The molecule has 0 radical (unpaired) electrons. The molecule has 6 nitrogen and oxygen atoms in total. The van der Waals surface area contributed by atoms with Crippen molar-refractivity contribution in [3.8, 4) is 0 Å². The normalized spacial score (nSPS) is 23.1. The van der Waals surface area contributed by atoms with Gasteiger partial charge in [-0.2, -0.15) is 0 Å². The minimum absolute atomic E-state index is 0.00996. The Labute approximate surface area is 183 Å². The van der Waals surface area contributed by atoms with E-state index in [4.69, 9.17) is 0 Å². The summed E-state index contributed by atoms with van der Waals surface area (Å²) in [4.78, 5) is 28.4. The zero-order chi connectivity index (χ0) is 22.0. The first-order valence-corrected chi connectivity index (χ1v) is 10.8. The molecular weight excluding hydrogens is 390 g/mol. The Balaban J connectivity index is 1.49. The maximum absolute atomic E-state index is 12.7. The number of carbonyl (C=O) groups is 2. The number of piperazine rings is 1. The molecule has 6 heteroatoms. The number of aliphatic hydroxyl groups is 1. The van der Waals surface area contributed by atoms with Crippen LogP contribution >= 0.6 is 0 Å². The van der Waals surface area contributed by atoms with Crippen molar-refractivity contribution in [1.82, 2.24) is 15.1 Å². The topological polar surface area (TPSA) is 72.9 Å². The molecule has 2 aliphatic rings. The van der Waals surface area contributed by atoms with Crippen molar-refractivity contribution in [3.63, 3.8) is 0 Å². The van der Waals surface area contributed by atoms with Crippen LogP contribution < -0.4 is 5.32 Å². The van der Waals surface area contributed by atoms with Crippen molar-refractivity contribution in [3.05, 3.63) is 71.3 Å². The van der Waals surface area contributed by atoms with E-state index in [1.807, 2.05) is 32.0 Å². The lowest BCUT2D eigenvalue weighted by Gasteiger charge is -2.58. The summed E-state index contributed by atoms with van der Waals surface area (Å²) in [5.41, 5.74) is 3.31. The van der Waals surface area contributed by atoms with Crippen molar-refractivity contribution >= 4 is 24.1 Å². The number of urea groups is 1. The lowest BCUT2D eigenvalue weighted by Crippen LogP contribution is -2.74. The first-order chi connectivity index (χ1) is 15.0. The minimum atomic E-state index is -0.237. The van der Waals surface area contributed by atoms with E-state index in [0.717, 1.165) is 16.7 Å². The number of rotatable bonds is 5. The van der Waals surface area contributed by atoms with Gasteiger partial charge in [-0.1, -0.05) is 66.7 Å². The molecule has 0 bridgehead atoms. The third-order valence-electron chi connectivity index (χ3n) is 6.04. The molecule has 0 saturated carbocycles. The number of hydrogen-bond donors (Lipinski definition) is 2. The Morgan fingerprint density at radius 3 is 2.35 bits per heavy atom. The van der Waals surface area contributed by atoms with Gasteiger partial charge in [-0.3, -0.25) is 4.79 Å². The van der Waals surface area contributed by atoms with Crippen LogP contribution in [-0.2, 0) is 4.79 Å². The summed E-state index contributed by atoms with van der Waals surface area (Å²) in [5.74, 6) is -0.0939. The molecule has 3 atom stereocenters. The van der Waals surface area contributed by atoms with Crippen LogP contribution in [0.2, 0.25) is 0 Å². The number of nitrogens with one attached hydrogen (secondary N) is 1. The van der Waals surface area contributed by atoms with Crippen molar-refractivity contribution < 1.29 is 14.7 Å². The highest BCUT2D eigenvalue weighted by molar-refractivity contribution is 5.87. The number of amides is 3. The van der Waals surface area contributed by atoms with E-state index in [0.29, 0.717) is 6.54 Å². The van der Waals surface area contributed by atoms with Crippen LogP contribution in [-0.4, -0.2) is 64.7 Å². The molecule has 2 fully saturated rings. The molecule has 2 N–H and O–H groups in total. The first kappa shape index (κ1) is 21.1. The average Bonchev–Trinajstić information content (AvgIpc) is 2.74. The molecule has 31 heavy (non-hydrogen) atoms. The zero-order valence-electron chi connectivity index (χ0n) is 17.9. The van der Waals surface area contributed by atoms with Gasteiger partial charge in [0.1, 0.15) is 6.54 Å². The summed E-state index contributed by atoms with van der Waals surface area (Å²) < 4.78 is 0. The smallest absolute Gasteiger partial charge is 0.318 e. The van der Waals surface area contributed by atoms with Gasteiger partial charge in [0.15, 0.2) is 0 Å². The molecule has 2 aliphatic heterocycles. The highest BCUT2D eigenvalue weighted by atomic mass is 16.3. The average molecular weight is 420 g/mol. The van der Waals surface area contributed by atoms with Gasteiger partial charge in [-0.15, -0.1) is 0 Å². The van der Waals surface area contributed by atoms with Gasteiger partial charge >= 0.3 is 6.03 Å². The minimum Gasteiger partial charge on any atom is -0.394 e. The van der Waals surface area contributed by atoms with Gasteiger partial charge in [0, 0.05) is 18.5 Å². The SMILES string of the molecule is CC(C)NC(=O)N1CC(=O)N2[C@H](C1)[C@@H](c1ccc(/C=C/c3ccccc3)cc1)[C@@H]2CO. The lowest BCUT2D eigenvalue weighted by atomic mass is 9.73. The van der Waals surface area contributed by atoms with Crippen LogP contribution in [0.15, 0.2) is 54.6 Å². The second-order valence-electron chi connectivity index (χ2n) is 8.54. The summed E-state index contributed by atoms with van der Waals surface area (Å²) in [5, 5.41) is 12.8. The highest BCUT2D eigenvalue weighted by Gasteiger charge is 2.54. The van der Waals surface area contributed by atoms with Gasteiger partial charge in [-0.05, 0) is 30.5 Å². The van der Waals surface area contributed by atoms with E-state index in [-0.39, 0.29) is 49.1 Å². The van der Waals surface area contributed by atoms with Crippen LogP contribution in [0.25, 0.3) is 12.2 Å². The first-order valence-electron chi connectivity index (χ1n) is 10.8. The molecule has 2 heterocycles. The van der Waals surface area contributed by atoms with Crippen molar-refractivity contribution in [2.24, 2.45) is 0 Å². The number of carbonyl (C=O) groups excluding carboxylic acids is 2. The maximum Gasteiger partial charge on any atom is 0.318 e. The molecule has 2 saturated heterocycles. The van der Waals surface area contributed by atoms with Crippen molar-refractivity contribution in [2.45, 2.75) is 37.9 Å². The molecule has 0 aliphatic carbocycles. The Bertz CT molecular complexity index is 956. The molecule has 3 amide bonds. The van der Waals surface area contributed by atoms with Gasteiger partial charge in [0.05, 0.1) is 18.7 Å². The summed E-state index contributed by atoms with van der Waals surface area (Å²) in [6.07, 6.45) is 4.14. The van der Waals surface area contributed by atoms with E-state index in [1.54, 1.807) is 9.80 Å². The second-order valence-corrected chi connectivity index (χ2v) is 8.54. The van der Waals surface area contributed by atoms with Crippen LogP contribution in [0, 0.1) is 0 Å². The summed E-state index contributed by atoms with van der Waals surface area (Å²) in [6, 6.07) is 17.8. The molecule has 162 valence electrons. The summed E-state index contributed by atoms with van der Waals surface area (Å²) in [7, 11) is 0. The Morgan fingerprint density at radius 2 is 1.74 bits per heavy atom. The monoisotopic (exact) mass is 419 g/mol. The Hall–Kier alpha value is -3.12. The molecule has 0 spiro atoms. The molecule has 2 aromatic rings. The molecule has 0 unspecified atom stereocenters. The fourth-order valence-corrected chi connectivity index (χ4v) is 4.58. The number of hydrogen-bond acceptors (Lipinski definition) is 3. The molecule has 0 aromatic heterocycles. The van der Waals surface area contributed by atoms with E-state index in [2.05, 4.69) is 53.9 Å². The third kappa shape index (κ3) is 4.35. The van der Waals surface area contributed by atoms with E-state index in [9.17, 15) is 14.7 Å². The third-order valence-corrected chi connectivity index (χ3v) is 6.04. The molecular formula is C25H29N3O3. The predicted octanol–water partition coefficient (Wildman–Crippen LogP) is 2.95. The largest absolute Gasteiger partial charge is 0.394 e. The Kier molecular flexibility index (Phi) is 6.09. The fraction of sp³-hybridized carbons (Fsp3) is 0.360. The van der Waals surface area contributed by atoms with Gasteiger partial charge in [-0.25, -0.2) is 4.79 Å². The Morgan fingerprint density at radius 1 is 1.10 bits per heavy atom. The molecule has 4 rings (SSSR count).